The van der Waals surface area contributed by atoms with Crippen molar-refractivity contribution in [1.82, 2.24) is 20.4 Å². The van der Waals surface area contributed by atoms with Gasteiger partial charge in [0.25, 0.3) is 0 Å². The second-order valence-electron chi connectivity index (χ2n) is 2.70. The number of carbonyl (C=O) groups is 3. The van der Waals surface area contributed by atoms with Crippen molar-refractivity contribution in [3.05, 3.63) is 0 Å². The molecule has 0 aliphatic rings. The number of hydrogen-bond acceptors (Lipinski definition) is 7. The minimum absolute atomic E-state index is 0.156. The SMILES string of the molecule is O=C(NCO)N(CO)C(=O)N(CO)C(=O)NCO. The lowest BCUT2D eigenvalue weighted by Crippen LogP contribution is -2.54. The van der Waals surface area contributed by atoms with Gasteiger partial charge in [-0.2, -0.15) is 0 Å². The van der Waals surface area contributed by atoms with E-state index in [1.807, 2.05) is 0 Å². The van der Waals surface area contributed by atoms with Gasteiger partial charge in [-0.25, -0.2) is 24.2 Å². The maximum atomic E-state index is 11.6. The zero-order valence-electron chi connectivity index (χ0n) is 9.24. The van der Waals surface area contributed by atoms with Crippen LogP contribution in [0.25, 0.3) is 0 Å². The van der Waals surface area contributed by atoms with Gasteiger partial charge in [0.15, 0.2) is 0 Å². The van der Waals surface area contributed by atoms with Gasteiger partial charge in [0.05, 0.1) is 0 Å². The van der Waals surface area contributed by atoms with Crippen molar-refractivity contribution in [3.63, 3.8) is 0 Å². The van der Waals surface area contributed by atoms with Gasteiger partial charge < -0.3 is 31.1 Å². The number of urea groups is 3. The summed E-state index contributed by atoms with van der Waals surface area (Å²) in [5, 5.41) is 38.1. The lowest BCUT2D eigenvalue weighted by Gasteiger charge is -2.24. The first-order valence-corrected chi connectivity index (χ1v) is 4.61. The van der Waals surface area contributed by atoms with E-state index < -0.39 is 45.0 Å². The second-order valence-corrected chi connectivity index (χ2v) is 2.70. The second kappa shape index (κ2) is 8.19. The first-order chi connectivity index (χ1) is 8.53. The van der Waals surface area contributed by atoms with Crippen molar-refractivity contribution in [2.45, 2.75) is 0 Å². The summed E-state index contributed by atoms with van der Waals surface area (Å²) in [6.45, 7) is -3.73. The van der Waals surface area contributed by atoms with Crippen molar-refractivity contribution >= 4 is 18.1 Å². The Morgan fingerprint density at radius 1 is 0.778 bits per heavy atom. The van der Waals surface area contributed by atoms with Gasteiger partial charge in [0.1, 0.15) is 26.9 Å². The highest BCUT2D eigenvalue weighted by molar-refractivity contribution is 6.00. The largest absolute Gasteiger partial charge is 0.376 e. The molecule has 6 N–H and O–H groups in total. The molecule has 0 fully saturated rings. The molecule has 0 bridgehead atoms. The fraction of sp³-hybridized carbons (Fsp3) is 0.571. The first-order valence-electron chi connectivity index (χ1n) is 4.61. The molecule has 0 aliphatic heterocycles. The number of rotatable bonds is 4. The predicted octanol–water partition coefficient (Wildman–Crippen LogP) is -3.07. The summed E-state index contributed by atoms with van der Waals surface area (Å²) in [6.07, 6.45) is 0. The summed E-state index contributed by atoms with van der Waals surface area (Å²) in [5.41, 5.74) is 0. The Bertz CT molecular complexity index is 282. The molecular weight excluding hydrogens is 252 g/mol. The summed E-state index contributed by atoms with van der Waals surface area (Å²) in [5.74, 6) is 0. The van der Waals surface area contributed by atoms with Crippen LogP contribution in [-0.2, 0) is 0 Å². The summed E-state index contributed by atoms with van der Waals surface area (Å²) >= 11 is 0. The molecule has 0 aromatic rings. The molecule has 11 heteroatoms. The molecule has 0 radical (unpaired) electrons. The number of aliphatic hydroxyl groups excluding tert-OH is 4. The number of hydrogen-bond donors (Lipinski definition) is 6. The molecule has 0 atom stereocenters. The third-order valence-electron chi connectivity index (χ3n) is 1.70. The molecule has 0 unspecified atom stereocenters. The van der Waals surface area contributed by atoms with Gasteiger partial charge in [0.2, 0.25) is 0 Å². The Balaban J connectivity index is 4.83. The van der Waals surface area contributed by atoms with Gasteiger partial charge >= 0.3 is 18.1 Å². The van der Waals surface area contributed by atoms with Crippen LogP contribution >= 0.6 is 0 Å². The molecular formula is C7H14N4O7. The predicted molar refractivity (Wildman–Crippen MR) is 54.5 cm³/mol. The number of imide groups is 2. The average Bonchev–Trinajstić information content (AvgIpc) is 2.31. The Hall–Kier alpha value is -1.95. The Morgan fingerprint density at radius 2 is 1.11 bits per heavy atom. The van der Waals surface area contributed by atoms with Crippen LogP contribution in [0, 0.1) is 0 Å². The Labute approximate surface area is 101 Å². The van der Waals surface area contributed by atoms with E-state index >= 15 is 0 Å². The average molecular weight is 266 g/mol. The van der Waals surface area contributed by atoms with E-state index in [-0.39, 0.29) is 9.80 Å². The van der Waals surface area contributed by atoms with Crippen molar-refractivity contribution < 1.29 is 34.8 Å². The van der Waals surface area contributed by atoms with Crippen LogP contribution in [0.15, 0.2) is 0 Å². The zero-order chi connectivity index (χ0) is 14.1. The highest BCUT2D eigenvalue weighted by atomic mass is 16.3. The van der Waals surface area contributed by atoms with Gasteiger partial charge in [-0.05, 0) is 0 Å². The van der Waals surface area contributed by atoms with Crippen molar-refractivity contribution in [2.75, 3.05) is 26.9 Å². The van der Waals surface area contributed by atoms with Crippen LogP contribution in [0.4, 0.5) is 14.4 Å². The van der Waals surface area contributed by atoms with Crippen LogP contribution in [-0.4, -0.2) is 75.2 Å². The standard InChI is InChI=1S/C7H14N4O7/c12-1-8-5(16)10(3-14)7(18)11(4-15)6(17)9-2-13/h12-15H,1-4H2,(H,8,16)(H,9,17). The van der Waals surface area contributed by atoms with Crippen molar-refractivity contribution in [3.8, 4) is 0 Å². The molecule has 18 heavy (non-hydrogen) atoms. The van der Waals surface area contributed by atoms with E-state index in [2.05, 4.69) is 0 Å². The molecule has 6 amide bonds. The molecule has 0 aromatic heterocycles. The lowest BCUT2D eigenvalue weighted by molar-refractivity contribution is 0.0854. The van der Waals surface area contributed by atoms with Crippen molar-refractivity contribution in [1.29, 1.82) is 0 Å². The summed E-state index contributed by atoms with van der Waals surface area (Å²) in [4.78, 5) is 34.3. The third kappa shape index (κ3) is 4.14. The molecule has 0 saturated heterocycles. The van der Waals surface area contributed by atoms with E-state index in [1.165, 1.54) is 0 Å². The number of amides is 6. The number of carbonyl (C=O) groups excluding carboxylic acids is 3. The quantitative estimate of drug-likeness (QED) is 0.294. The van der Waals surface area contributed by atoms with Crippen LogP contribution in [0.2, 0.25) is 0 Å². The van der Waals surface area contributed by atoms with Crippen molar-refractivity contribution in [2.24, 2.45) is 0 Å². The highest BCUT2D eigenvalue weighted by Crippen LogP contribution is 1.99. The van der Waals surface area contributed by atoms with E-state index in [1.54, 1.807) is 10.6 Å². The van der Waals surface area contributed by atoms with Gasteiger partial charge in [0, 0.05) is 0 Å². The fourth-order valence-corrected chi connectivity index (χ4v) is 0.895. The maximum absolute atomic E-state index is 11.6. The first kappa shape index (κ1) is 16.1. The van der Waals surface area contributed by atoms with E-state index in [0.29, 0.717) is 0 Å². The zero-order valence-corrected chi connectivity index (χ0v) is 9.24. The molecule has 11 nitrogen and oxygen atoms in total. The van der Waals surface area contributed by atoms with Crippen LogP contribution in [0.5, 0.6) is 0 Å². The fourth-order valence-electron chi connectivity index (χ4n) is 0.895. The summed E-state index contributed by atoms with van der Waals surface area (Å²) in [6, 6.07) is -3.67. The molecule has 0 aliphatic carbocycles. The molecule has 0 saturated carbocycles. The summed E-state index contributed by atoms with van der Waals surface area (Å²) in [7, 11) is 0. The van der Waals surface area contributed by atoms with E-state index in [4.69, 9.17) is 20.4 Å². The Morgan fingerprint density at radius 3 is 1.33 bits per heavy atom. The van der Waals surface area contributed by atoms with Gasteiger partial charge in [-0.3, -0.25) is 0 Å². The molecule has 0 spiro atoms. The van der Waals surface area contributed by atoms with Crippen LogP contribution in [0.1, 0.15) is 0 Å². The summed E-state index contributed by atoms with van der Waals surface area (Å²) < 4.78 is 0. The third-order valence-corrected chi connectivity index (χ3v) is 1.70. The minimum atomic E-state index is -1.34. The van der Waals surface area contributed by atoms with Crippen LogP contribution < -0.4 is 10.6 Å². The van der Waals surface area contributed by atoms with E-state index in [0.717, 1.165) is 0 Å². The number of aliphatic hydroxyl groups is 4. The number of nitrogens with one attached hydrogen (secondary N) is 2. The topological polar surface area (TPSA) is 163 Å². The minimum Gasteiger partial charge on any atom is -0.376 e. The lowest BCUT2D eigenvalue weighted by atomic mass is 10.6. The highest BCUT2D eigenvalue weighted by Gasteiger charge is 2.29. The van der Waals surface area contributed by atoms with Crippen LogP contribution in [0.3, 0.4) is 0 Å². The molecule has 104 valence electrons. The maximum Gasteiger partial charge on any atom is 0.340 e. The monoisotopic (exact) mass is 266 g/mol. The smallest absolute Gasteiger partial charge is 0.340 e. The molecule has 0 heterocycles. The molecule has 0 rings (SSSR count). The normalized spacial score (nSPS) is 9.56. The number of nitrogens with zero attached hydrogens (tertiary/aromatic N) is 2. The van der Waals surface area contributed by atoms with E-state index in [9.17, 15) is 14.4 Å². The molecule has 0 aromatic carbocycles. The van der Waals surface area contributed by atoms with Gasteiger partial charge in [-0.15, -0.1) is 0 Å². The Kier molecular flexibility index (Phi) is 7.30. The van der Waals surface area contributed by atoms with Gasteiger partial charge in [-0.1, -0.05) is 0 Å².